The number of fused-ring (bicyclic) bond motifs is 3. The number of aromatic nitrogens is 1. The molecule has 0 atom stereocenters. The molecule has 3 aromatic rings. The van der Waals surface area contributed by atoms with Gasteiger partial charge in [-0.1, -0.05) is 19.1 Å². The monoisotopic (exact) mass is 461 g/mol. The maximum Gasteiger partial charge on any atom is 0.0501 e. The van der Waals surface area contributed by atoms with Gasteiger partial charge in [0.2, 0.25) is 0 Å². The smallest absolute Gasteiger partial charge is 0.0501 e. The van der Waals surface area contributed by atoms with E-state index in [0.29, 0.717) is 0 Å². The van der Waals surface area contributed by atoms with E-state index in [1.807, 2.05) is 0 Å². The molecular formula is C15H13I2N. The van der Waals surface area contributed by atoms with Crippen molar-refractivity contribution < 1.29 is 0 Å². The van der Waals surface area contributed by atoms with Crippen molar-refractivity contribution in [3.8, 4) is 0 Å². The third kappa shape index (κ3) is 2.05. The van der Waals surface area contributed by atoms with E-state index < -0.39 is 0 Å². The van der Waals surface area contributed by atoms with Gasteiger partial charge in [0.15, 0.2) is 0 Å². The molecule has 1 aromatic heterocycles. The van der Waals surface area contributed by atoms with Crippen molar-refractivity contribution in [3.63, 3.8) is 0 Å². The summed E-state index contributed by atoms with van der Waals surface area (Å²) >= 11 is 4.78. The molecule has 0 saturated carbocycles. The molecule has 0 aliphatic heterocycles. The van der Waals surface area contributed by atoms with Gasteiger partial charge in [-0.15, -0.1) is 0 Å². The van der Waals surface area contributed by atoms with Crippen LogP contribution in [-0.2, 0) is 6.54 Å². The lowest BCUT2D eigenvalue weighted by molar-refractivity contribution is 0.723. The lowest BCUT2D eigenvalue weighted by Gasteiger charge is -2.05. The molecule has 0 unspecified atom stereocenters. The number of aryl methyl sites for hydroxylation is 1. The van der Waals surface area contributed by atoms with Gasteiger partial charge < -0.3 is 4.57 Å². The Kier molecular flexibility index (Phi) is 3.53. The normalized spacial score (nSPS) is 11.5. The molecule has 2 aromatic carbocycles. The molecule has 0 bridgehead atoms. The van der Waals surface area contributed by atoms with E-state index in [1.54, 1.807) is 0 Å². The second-order valence-corrected chi connectivity index (χ2v) is 6.97. The first-order valence-corrected chi connectivity index (χ1v) is 8.23. The molecule has 0 radical (unpaired) electrons. The van der Waals surface area contributed by atoms with Crippen LogP contribution in [0.5, 0.6) is 0 Å². The van der Waals surface area contributed by atoms with Crippen molar-refractivity contribution >= 4 is 67.0 Å². The highest BCUT2D eigenvalue weighted by Crippen LogP contribution is 2.31. The Morgan fingerprint density at radius 2 is 1.39 bits per heavy atom. The van der Waals surface area contributed by atoms with Crippen molar-refractivity contribution in [1.29, 1.82) is 0 Å². The Balaban J connectivity index is 2.48. The van der Waals surface area contributed by atoms with Crippen LogP contribution in [0.2, 0.25) is 0 Å². The highest BCUT2D eigenvalue weighted by molar-refractivity contribution is 14.1. The first-order valence-electron chi connectivity index (χ1n) is 6.07. The Bertz CT molecular complexity index is 669. The Labute approximate surface area is 134 Å². The number of hydrogen-bond acceptors (Lipinski definition) is 0. The van der Waals surface area contributed by atoms with E-state index in [0.717, 1.165) is 13.0 Å². The average Bonchev–Trinajstić information content (AvgIpc) is 2.63. The van der Waals surface area contributed by atoms with Gasteiger partial charge in [0.05, 0.1) is 11.0 Å². The van der Waals surface area contributed by atoms with Crippen LogP contribution in [0.3, 0.4) is 0 Å². The molecular weight excluding hydrogens is 448 g/mol. The number of benzene rings is 2. The predicted molar refractivity (Wildman–Crippen MR) is 95.2 cm³/mol. The summed E-state index contributed by atoms with van der Waals surface area (Å²) < 4.78 is 5.06. The van der Waals surface area contributed by atoms with E-state index in [2.05, 4.69) is 93.1 Å². The summed E-state index contributed by atoms with van der Waals surface area (Å²) in [5.74, 6) is 0. The van der Waals surface area contributed by atoms with E-state index in [4.69, 9.17) is 0 Å². The van der Waals surface area contributed by atoms with Crippen LogP contribution in [0.15, 0.2) is 36.4 Å². The fourth-order valence-electron chi connectivity index (χ4n) is 2.51. The minimum atomic E-state index is 1.08. The first kappa shape index (κ1) is 12.7. The van der Waals surface area contributed by atoms with Crippen LogP contribution in [0, 0.1) is 7.14 Å². The third-order valence-corrected chi connectivity index (χ3v) is 4.58. The van der Waals surface area contributed by atoms with Crippen LogP contribution in [-0.4, -0.2) is 4.57 Å². The largest absolute Gasteiger partial charge is 0.340 e. The number of hydrogen-bond donors (Lipinski definition) is 0. The molecule has 0 aliphatic rings. The van der Waals surface area contributed by atoms with Gasteiger partial charge in [-0.2, -0.15) is 0 Å². The van der Waals surface area contributed by atoms with Gasteiger partial charge in [0, 0.05) is 24.5 Å². The van der Waals surface area contributed by atoms with Crippen molar-refractivity contribution in [1.82, 2.24) is 4.57 Å². The van der Waals surface area contributed by atoms with Crippen molar-refractivity contribution in [3.05, 3.63) is 43.5 Å². The second-order valence-electron chi connectivity index (χ2n) is 4.47. The van der Waals surface area contributed by atoms with Crippen molar-refractivity contribution in [2.45, 2.75) is 19.9 Å². The van der Waals surface area contributed by atoms with Gasteiger partial charge in [0.1, 0.15) is 0 Å². The summed E-state index contributed by atoms with van der Waals surface area (Å²) in [5, 5.41) is 2.74. The number of halogens is 2. The van der Waals surface area contributed by atoms with Crippen LogP contribution in [0.4, 0.5) is 0 Å². The van der Waals surface area contributed by atoms with Gasteiger partial charge in [-0.05, 0) is 75.9 Å². The van der Waals surface area contributed by atoms with Gasteiger partial charge in [0.25, 0.3) is 0 Å². The lowest BCUT2D eigenvalue weighted by atomic mass is 10.2. The third-order valence-electron chi connectivity index (χ3n) is 3.24. The zero-order valence-corrected chi connectivity index (χ0v) is 14.4. The molecule has 1 nitrogen and oxygen atoms in total. The van der Waals surface area contributed by atoms with E-state index in [1.165, 1.54) is 28.9 Å². The van der Waals surface area contributed by atoms with Gasteiger partial charge in [-0.3, -0.25) is 0 Å². The van der Waals surface area contributed by atoms with Crippen LogP contribution in [0.1, 0.15) is 13.3 Å². The Morgan fingerprint density at radius 3 is 1.83 bits per heavy atom. The number of nitrogens with zero attached hydrogens (tertiary/aromatic N) is 1. The van der Waals surface area contributed by atoms with E-state index in [-0.39, 0.29) is 0 Å². The Hall–Kier alpha value is -0.300. The van der Waals surface area contributed by atoms with Crippen molar-refractivity contribution in [2.75, 3.05) is 0 Å². The standard InChI is InChI=1S/C15H13I2N/c1-2-7-18-14-8-10(16)3-5-12(14)13-6-4-11(17)9-15(13)18/h3-6,8-9H,2,7H2,1H3. The van der Waals surface area contributed by atoms with Crippen LogP contribution in [0.25, 0.3) is 21.8 Å². The summed E-state index contributed by atoms with van der Waals surface area (Å²) in [6, 6.07) is 13.5. The average molecular weight is 461 g/mol. The number of rotatable bonds is 2. The SMILES string of the molecule is CCCn1c2cc(I)ccc2c2ccc(I)cc21. The summed E-state index contributed by atoms with van der Waals surface area (Å²) in [7, 11) is 0. The fourth-order valence-corrected chi connectivity index (χ4v) is 3.46. The molecule has 0 aliphatic carbocycles. The zero-order valence-electron chi connectivity index (χ0n) is 10.1. The van der Waals surface area contributed by atoms with Gasteiger partial charge in [-0.25, -0.2) is 0 Å². The molecule has 0 N–H and O–H groups in total. The summed E-state index contributed by atoms with van der Waals surface area (Å²) in [6.07, 6.45) is 1.16. The highest BCUT2D eigenvalue weighted by Gasteiger charge is 2.10. The van der Waals surface area contributed by atoms with Crippen LogP contribution < -0.4 is 0 Å². The van der Waals surface area contributed by atoms with Gasteiger partial charge >= 0.3 is 0 Å². The molecule has 18 heavy (non-hydrogen) atoms. The predicted octanol–water partition coefficient (Wildman–Crippen LogP) is 5.41. The fraction of sp³-hybridized carbons (Fsp3) is 0.200. The summed E-state index contributed by atoms with van der Waals surface area (Å²) in [4.78, 5) is 0. The second kappa shape index (κ2) is 5.00. The minimum absolute atomic E-state index is 1.08. The molecule has 92 valence electrons. The van der Waals surface area contributed by atoms with E-state index >= 15 is 0 Å². The highest BCUT2D eigenvalue weighted by atomic mass is 127. The van der Waals surface area contributed by atoms with E-state index in [9.17, 15) is 0 Å². The molecule has 0 amide bonds. The Morgan fingerprint density at radius 1 is 0.889 bits per heavy atom. The zero-order chi connectivity index (χ0) is 12.7. The molecule has 0 saturated heterocycles. The summed E-state index contributed by atoms with van der Waals surface area (Å²) in [6.45, 7) is 3.32. The topological polar surface area (TPSA) is 4.93 Å². The molecule has 1 heterocycles. The molecule has 3 heteroatoms. The summed E-state index contributed by atoms with van der Waals surface area (Å²) in [5.41, 5.74) is 2.72. The molecule has 0 spiro atoms. The first-order chi connectivity index (χ1) is 8.70. The maximum absolute atomic E-state index is 2.45. The van der Waals surface area contributed by atoms with Crippen molar-refractivity contribution in [2.24, 2.45) is 0 Å². The van der Waals surface area contributed by atoms with Crippen LogP contribution >= 0.6 is 45.2 Å². The minimum Gasteiger partial charge on any atom is -0.340 e. The molecule has 3 rings (SSSR count). The molecule has 0 fully saturated rings. The lowest BCUT2D eigenvalue weighted by Crippen LogP contribution is -1.96. The maximum atomic E-state index is 2.45. The quantitative estimate of drug-likeness (QED) is 0.450.